The molecule has 1 aliphatic heterocycles. The van der Waals surface area contributed by atoms with Crippen LogP contribution in [-0.2, 0) is 10.0 Å². The highest BCUT2D eigenvalue weighted by molar-refractivity contribution is 7.89. The number of carbonyl (C=O) groups is 1. The lowest BCUT2D eigenvalue weighted by Gasteiger charge is -2.36. The molecule has 0 bridgehead atoms. The standard InChI is InChI=1S/C25H34N4O7S/c1-5-28(6-2)37(33,34)20-10-11-21(22(18-20)29(31)32)26-13-15-27(16-14-26)25(30)19-9-12-23(35-7-3)24(17-19)36-8-4/h9-12,17-18H,5-8,13-16H2,1-4H3. The third-order valence-electron chi connectivity index (χ3n) is 6.18. The van der Waals surface area contributed by atoms with Gasteiger partial charge in [0.05, 0.1) is 23.0 Å². The Morgan fingerprint density at radius 1 is 0.946 bits per heavy atom. The Labute approximate surface area is 217 Å². The highest BCUT2D eigenvalue weighted by Gasteiger charge is 2.30. The number of rotatable bonds is 11. The lowest BCUT2D eigenvalue weighted by molar-refractivity contribution is -0.384. The SMILES string of the molecule is CCOc1ccc(C(=O)N2CCN(c3ccc(S(=O)(=O)N(CC)CC)cc3[N+](=O)[O-])CC2)cc1OCC. The molecule has 0 unspecified atom stereocenters. The summed E-state index contributed by atoms with van der Waals surface area (Å²) < 4.78 is 38.2. The molecule has 1 saturated heterocycles. The van der Waals surface area contributed by atoms with Crippen molar-refractivity contribution in [2.75, 3.05) is 57.4 Å². The van der Waals surface area contributed by atoms with E-state index in [1.807, 2.05) is 13.8 Å². The molecule has 37 heavy (non-hydrogen) atoms. The summed E-state index contributed by atoms with van der Waals surface area (Å²) in [6, 6.07) is 9.09. The maximum absolute atomic E-state index is 13.2. The first-order chi connectivity index (χ1) is 17.7. The molecule has 0 N–H and O–H groups in total. The minimum Gasteiger partial charge on any atom is -0.490 e. The van der Waals surface area contributed by atoms with Crippen LogP contribution in [0.2, 0.25) is 0 Å². The van der Waals surface area contributed by atoms with Gasteiger partial charge in [-0.15, -0.1) is 0 Å². The van der Waals surface area contributed by atoms with Crippen molar-refractivity contribution in [1.82, 2.24) is 9.21 Å². The average molecular weight is 535 g/mol. The topological polar surface area (TPSA) is 123 Å². The van der Waals surface area contributed by atoms with Gasteiger partial charge in [0.15, 0.2) is 11.5 Å². The lowest BCUT2D eigenvalue weighted by Crippen LogP contribution is -2.49. The predicted molar refractivity (Wildman–Crippen MR) is 140 cm³/mol. The molecule has 0 aliphatic carbocycles. The molecular weight excluding hydrogens is 500 g/mol. The van der Waals surface area contributed by atoms with Crippen LogP contribution in [0.5, 0.6) is 11.5 Å². The molecule has 0 aromatic heterocycles. The fourth-order valence-corrected chi connectivity index (χ4v) is 5.79. The quantitative estimate of drug-likeness (QED) is 0.318. The molecule has 0 spiro atoms. The van der Waals surface area contributed by atoms with Gasteiger partial charge in [-0.3, -0.25) is 14.9 Å². The van der Waals surface area contributed by atoms with E-state index in [0.717, 1.165) is 6.07 Å². The van der Waals surface area contributed by atoms with Crippen molar-refractivity contribution in [3.05, 3.63) is 52.1 Å². The Hall–Kier alpha value is -3.38. The molecular formula is C25H34N4O7S. The third-order valence-corrected chi connectivity index (χ3v) is 8.23. The van der Waals surface area contributed by atoms with E-state index in [1.165, 1.54) is 16.4 Å². The van der Waals surface area contributed by atoms with E-state index in [9.17, 15) is 23.3 Å². The molecule has 0 radical (unpaired) electrons. The zero-order valence-corrected chi connectivity index (χ0v) is 22.5. The number of carbonyl (C=O) groups excluding carboxylic acids is 1. The second-order valence-electron chi connectivity index (χ2n) is 8.30. The second kappa shape index (κ2) is 12.2. The normalized spacial score (nSPS) is 14.1. The summed E-state index contributed by atoms with van der Waals surface area (Å²) >= 11 is 0. The van der Waals surface area contributed by atoms with Gasteiger partial charge in [-0.2, -0.15) is 4.31 Å². The lowest BCUT2D eigenvalue weighted by atomic mass is 10.1. The van der Waals surface area contributed by atoms with Crippen LogP contribution in [0.1, 0.15) is 38.1 Å². The number of benzene rings is 2. The van der Waals surface area contributed by atoms with Gasteiger partial charge >= 0.3 is 0 Å². The van der Waals surface area contributed by atoms with Crippen LogP contribution in [0.25, 0.3) is 0 Å². The predicted octanol–water partition coefficient (Wildman–Crippen LogP) is 3.39. The van der Waals surface area contributed by atoms with Crippen LogP contribution >= 0.6 is 0 Å². The summed E-state index contributed by atoms with van der Waals surface area (Å²) in [7, 11) is -3.83. The zero-order valence-electron chi connectivity index (χ0n) is 21.7. The van der Waals surface area contributed by atoms with E-state index >= 15 is 0 Å². The molecule has 1 heterocycles. The Bertz CT molecular complexity index is 1220. The summed E-state index contributed by atoms with van der Waals surface area (Å²) in [5.74, 6) is 0.910. The summed E-state index contributed by atoms with van der Waals surface area (Å²) in [6.45, 7) is 10.0. The number of nitro benzene ring substituents is 1. The monoisotopic (exact) mass is 534 g/mol. The van der Waals surface area contributed by atoms with Crippen molar-refractivity contribution in [2.24, 2.45) is 0 Å². The molecule has 202 valence electrons. The number of ether oxygens (including phenoxy) is 2. The number of nitro groups is 1. The fraction of sp³-hybridized carbons (Fsp3) is 0.480. The molecule has 1 aliphatic rings. The van der Waals surface area contributed by atoms with E-state index in [2.05, 4.69) is 0 Å². The molecule has 0 atom stereocenters. The Morgan fingerprint density at radius 2 is 1.57 bits per heavy atom. The van der Waals surface area contributed by atoms with Crippen molar-refractivity contribution in [2.45, 2.75) is 32.6 Å². The van der Waals surface area contributed by atoms with Gasteiger partial charge in [-0.05, 0) is 44.2 Å². The number of anilines is 1. The van der Waals surface area contributed by atoms with Gasteiger partial charge in [0.1, 0.15) is 5.69 Å². The van der Waals surface area contributed by atoms with Crippen LogP contribution in [0.15, 0.2) is 41.3 Å². The zero-order chi connectivity index (χ0) is 27.2. The number of amides is 1. The van der Waals surface area contributed by atoms with Crippen LogP contribution in [-0.4, -0.2) is 80.9 Å². The molecule has 12 heteroatoms. The number of hydrogen-bond acceptors (Lipinski definition) is 8. The second-order valence-corrected chi connectivity index (χ2v) is 10.2. The first-order valence-corrected chi connectivity index (χ1v) is 13.8. The average Bonchev–Trinajstić information content (AvgIpc) is 2.89. The summed E-state index contributed by atoms with van der Waals surface area (Å²) in [5, 5.41) is 11.9. The van der Waals surface area contributed by atoms with Gasteiger partial charge in [0, 0.05) is 50.9 Å². The van der Waals surface area contributed by atoms with Crippen molar-refractivity contribution in [3.8, 4) is 11.5 Å². The molecule has 1 fully saturated rings. The van der Waals surface area contributed by atoms with Gasteiger partial charge in [0.2, 0.25) is 10.0 Å². The Balaban J connectivity index is 1.78. The molecule has 11 nitrogen and oxygen atoms in total. The van der Waals surface area contributed by atoms with E-state index in [-0.39, 0.29) is 29.6 Å². The molecule has 3 rings (SSSR count). The first kappa shape index (κ1) is 28.2. The van der Waals surface area contributed by atoms with Gasteiger partial charge in [0.25, 0.3) is 11.6 Å². The Morgan fingerprint density at radius 3 is 2.14 bits per heavy atom. The molecule has 0 saturated carbocycles. The van der Waals surface area contributed by atoms with Crippen molar-refractivity contribution in [3.63, 3.8) is 0 Å². The van der Waals surface area contributed by atoms with E-state index < -0.39 is 14.9 Å². The molecule has 1 amide bonds. The van der Waals surface area contributed by atoms with Crippen LogP contribution < -0.4 is 14.4 Å². The summed E-state index contributed by atoms with van der Waals surface area (Å²) in [5.41, 5.74) is 0.522. The minimum atomic E-state index is -3.83. The maximum atomic E-state index is 13.2. The highest BCUT2D eigenvalue weighted by Crippen LogP contribution is 2.33. The Kier molecular flexibility index (Phi) is 9.33. The summed E-state index contributed by atoms with van der Waals surface area (Å²) in [6.07, 6.45) is 0. The smallest absolute Gasteiger partial charge is 0.293 e. The van der Waals surface area contributed by atoms with Gasteiger partial charge in [-0.25, -0.2) is 8.42 Å². The van der Waals surface area contributed by atoms with E-state index in [4.69, 9.17) is 9.47 Å². The highest BCUT2D eigenvalue weighted by atomic mass is 32.2. The van der Waals surface area contributed by atoms with Crippen molar-refractivity contribution < 1.29 is 27.6 Å². The number of sulfonamides is 1. The van der Waals surface area contributed by atoms with Crippen molar-refractivity contribution >= 4 is 27.3 Å². The number of piperazine rings is 1. The van der Waals surface area contributed by atoms with Crippen LogP contribution in [0, 0.1) is 10.1 Å². The van der Waals surface area contributed by atoms with Gasteiger partial charge in [-0.1, -0.05) is 13.8 Å². The number of hydrogen-bond donors (Lipinski definition) is 0. The van der Waals surface area contributed by atoms with E-state index in [0.29, 0.717) is 62.1 Å². The largest absolute Gasteiger partial charge is 0.490 e. The van der Waals surface area contributed by atoms with Crippen molar-refractivity contribution in [1.29, 1.82) is 0 Å². The molecule has 2 aromatic carbocycles. The van der Waals surface area contributed by atoms with E-state index in [1.54, 1.807) is 41.8 Å². The third kappa shape index (κ3) is 6.13. The first-order valence-electron chi connectivity index (χ1n) is 12.4. The fourth-order valence-electron chi connectivity index (χ4n) is 4.31. The number of nitrogens with zero attached hydrogens (tertiary/aromatic N) is 4. The molecule has 2 aromatic rings. The van der Waals surface area contributed by atoms with Gasteiger partial charge < -0.3 is 19.3 Å². The summed E-state index contributed by atoms with van der Waals surface area (Å²) in [4.78, 5) is 27.8. The maximum Gasteiger partial charge on any atom is 0.293 e. The minimum absolute atomic E-state index is 0.110. The van der Waals surface area contributed by atoms with Crippen LogP contribution in [0.3, 0.4) is 0 Å². The van der Waals surface area contributed by atoms with Crippen LogP contribution in [0.4, 0.5) is 11.4 Å².